The van der Waals surface area contributed by atoms with E-state index in [1.807, 2.05) is 18.4 Å². The summed E-state index contributed by atoms with van der Waals surface area (Å²) in [5, 5.41) is 0. The number of aromatic nitrogens is 4. The SMILES string of the molecule is COc1nc(N)nc2c1ncn2C(C)C. The molecule has 6 nitrogen and oxygen atoms in total. The Morgan fingerprint density at radius 1 is 1.40 bits per heavy atom. The van der Waals surface area contributed by atoms with Crippen molar-refractivity contribution in [2.75, 3.05) is 12.8 Å². The summed E-state index contributed by atoms with van der Waals surface area (Å²) >= 11 is 0. The zero-order chi connectivity index (χ0) is 11.0. The second-order valence-electron chi connectivity index (χ2n) is 3.51. The fourth-order valence-electron chi connectivity index (χ4n) is 1.43. The summed E-state index contributed by atoms with van der Waals surface area (Å²) in [5.74, 6) is 0.610. The highest BCUT2D eigenvalue weighted by atomic mass is 16.5. The number of nitrogens with zero attached hydrogens (tertiary/aromatic N) is 4. The molecule has 0 saturated carbocycles. The third kappa shape index (κ3) is 1.47. The van der Waals surface area contributed by atoms with E-state index in [1.54, 1.807) is 6.33 Å². The minimum absolute atomic E-state index is 0.196. The molecule has 80 valence electrons. The van der Waals surface area contributed by atoms with Gasteiger partial charge in [-0.15, -0.1) is 0 Å². The van der Waals surface area contributed by atoms with Crippen LogP contribution in [-0.2, 0) is 0 Å². The van der Waals surface area contributed by atoms with Crippen LogP contribution in [0.25, 0.3) is 11.2 Å². The van der Waals surface area contributed by atoms with Gasteiger partial charge in [0.1, 0.15) is 0 Å². The summed E-state index contributed by atoms with van der Waals surface area (Å²) in [7, 11) is 1.54. The number of rotatable bonds is 2. The van der Waals surface area contributed by atoms with Gasteiger partial charge in [0.2, 0.25) is 11.8 Å². The van der Waals surface area contributed by atoms with E-state index in [4.69, 9.17) is 10.5 Å². The van der Waals surface area contributed by atoms with Gasteiger partial charge in [0.25, 0.3) is 0 Å². The van der Waals surface area contributed by atoms with Crippen molar-refractivity contribution in [1.82, 2.24) is 19.5 Å². The maximum atomic E-state index is 5.59. The van der Waals surface area contributed by atoms with Gasteiger partial charge >= 0.3 is 0 Å². The molecule has 2 aromatic rings. The lowest BCUT2D eigenvalue weighted by Crippen LogP contribution is -2.03. The standard InChI is InChI=1S/C9H13N5O/c1-5(2)14-4-11-6-7(14)12-9(10)13-8(6)15-3/h4-5H,1-3H3,(H2,10,12,13). The van der Waals surface area contributed by atoms with Crippen LogP contribution in [0.5, 0.6) is 5.88 Å². The van der Waals surface area contributed by atoms with Crippen molar-refractivity contribution in [3.05, 3.63) is 6.33 Å². The van der Waals surface area contributed by atoms with Crippen molar-refractivity contribution in [2.24, 2.45) is 0 Å². The third-order valence-electron chi connectivity index (χ3n) is 2.16. The molecule has 6 heteroatoms. The first-order valence-corrected chi connectivity index (χ1v) is 4.67. The molecule has 0 saturated heterocycles. The highest BCUT2D eigenvalue weighted by Crippen LogP contribution is 2.23. The molecule has 2 N–H and O–H groups in total. The van der Waals surface area contributed by atoms with Gasteiger partial charge in [-0.2, -0.15) is 9.97 Å². The van der Waals surface area contributed by atoms with E-state index in [-0.39, 0.29) is 12.0 Å². The minimum atomic E-state index is 0.196. The monoisotopic (exact) mass is 207 g/mol. The highest BCUT2D eigenvalue weighted by Gasteiger charge is 2.13. The Bertz CT molecular complexity index is 490. The summed E-state index contributed by atoms with van der Waals surface area (Å²) in [6.45, 7) is 4.10. The van der Waals surface area contributed by atoms with Gasteiger partial charge < -0.3 is 15.0 Å². The Labute approximate surface area is 87.1 Å². The Morgan fingerprint density at radius 3 is 2.73 bits per heavy atom. The molecule has 2 rings (SSSR count). The summed E-state index contributed by atoms with van der Waals surface area (Å²) in [5.41, 5.74) is 6.93. The van der Waals surface area contributed by atoms with Crippen LogP contribution in [0, 0.1) is 0 Å². The number of nitrogens with two attached hydrogens (primary N) is 1. The van der Waals surface area contributed by atoms with E-state index in [0.717, 1.165) is 0 Å². The van der Waals surface area contributed by atoms with Crippen LogP contribution in [-0.4, -0.2) is 26.6 Å². The summed E-state index contributed by atoms with van der Waals surface area (Å²) in [6, 6.07) is 0.272. The van der Waals surface area contributed by atoms with Crippen molar-refractivity contribution < 1.29 is 4.74 Å². The van der Waals surface area contributed by atoms with Crippen molar-refractivity contribution in [2.45, 2.75) is 19.9 Å². The first kappa shape index (κ1) is 9.70. The lowest BCUT2D eigenvalue weighted by molar-refractivity contribution is 0.402. The van der Waals surface area contributed by atoms with Gasteiger partial charge in [-0.1, -0.05) is 0 Å². The molecule has 0 atom stereocenters. The van der Waals surface area contributed by atoms with Gasteiger partial charge in [-0.3, -0.25) is 0 Å². The lowest BCUT2D eigenvalue weighted by atomic mass is 10.4. The molecular weight excluding hydrogens is 194 g/mol. The fraction of sp³-hybridized carbons (Fsp3) is 0.444. The Morgan fingerprint density at radius 2 is 2.13 bits per heavy atom. The number of anilines is 1. The third-order valence-corrected chi connectivity index (χ3v) is 2.16. The number of fused-ring (bicyclic) bond motifs is 1. The largest absolute Gasteiger partial charge is 0.479 e. The molecule has 0 aliphatic rings. The molecule has 0 fully saturated rings. The van der Waals surface area contributed by atoms with Crippen LogP contribution in [0.3, 0.4) is 0 Å². The van der Waals surface area contributed by atoms with Crippen LogP contribution < -0.4 is 10.5 Å². The van der Waals surface area contributed by atoms with E-state index in [9.17, 15) is 0 Å². The van der Waals surface area contributed by atoms with E-state index < -0.39 is 0 Å². The highest BCUT2D eigenvalue weighted by molar-refractivity contribution is 5.77. The second-order valence-corrected chi connectivity index (χ2v) is 3.51. The average molecular weight is 207 g/mol. The molecule has 15 heavy (non-hydrogen) atoms. The maximum Gasteiger partial charge on any atom is 0.246 e. The van der Waals surface area contributed by atoms with Gasteiger partial charge in [0.15, 0.2) is 11.2 Å². The Kier molecular flexibility index (Phi) is 2.18. The molecule has 0 radical (unpaired) electrons. The van der Waals surface area contributed by atoms with Crippen molar-refractivity contribution in [3.8, 4) is 5.88 Å². The molecule has 0 amide bonds. The van der Waals surface area contributed by atoms with Crippen LogP contribution in [0.1, 0.15) is 19.9 Å². The van der Waals surface area contributed by atoms with Crippen molar-refractivity contribution in [3.63, 3.8) is 0 Å². The molecule has 2 heterocycles. The fourth-order valence-corrected chi connectivity index (χ4v) is 1.43. The van der Waals surface area contributed by atoms with E-state index in [1.165, 1.54) is 7.11 Å². The van der Waals surface area contributed by atoms with Crippen molar-refractivity contribution >= 4 is 17.1 Å². The number of ether oxygens (including phenoxy) is 1. The molecule has 0 aliphatic carbocycles. The quantitative estimate of drug-likeness (QED) is 0.794. The van der Waals surface area contributed by atoms with Crippen LogP contribution >= 0.6 is 0 Å². The zero-order valence-corrected chi connectivity index (χ0v) is 8.93. The first-order chi connectivity index (χ1) is 7.13. The van der Waals surface area contributed by atoms with Gasteiger partial charge in [-0.05, 0) is 13.8 Å². The van der Waals surface area contributed by atoms with E-state index >= 15 is 0 Å². The molecule has 0 bridgehead atoms. The average Bonchev–Trinajstić information content (AvgIpc) is 2.59. The minimum Gasteiger partial charge on any atom is -0.479 e. The number of methoxy groups -OCH3 is 1. The van der Waals surface area contributed by atoms with Gasteiger partial charge in [0, 0.05) is 6.04 Å². The van der Waals surface area contributed by atoms with Gasteiger partial charge in [0.05, 0.1) is 13.4 Å². The molecular formula is C9H13N5O. The summed E-state index contributed by atoms with van der Waals surface area (Å²) in [6.07, 6.45) is 1.71. The van der Waals surface area contributed by atoms with Crippen LogP contribution in [0.4, 0.5) is 5.95 Å². The van der Waals surface area contributed by atoms with Gasteiger partial charge in [-0.25, -0.2) is 4.98 Å². The second kappa shape index (κ2) is 3.38. The predicted molar refractivity (Wildman–Crippen MR) is 56.7 cm³/mol. The predicted octanol–water partition coefficient (Wildman–Crippen LogP) is 0.998. The maximum absolute atomic E-state index is 5.59. The molecule has 0 unspecified atom stereocenters. The van der Waals surface area contributed by atoms with Crippen molar-refractivity contribution in [1.29, 1.82) is 0 Å². The molecule has 0 spiro atoms. The molecule has 0 aromatic carbocycles. The van der Waals surface area contributed by atoms with Crippen LogP contribution in [0.2, 0.25) is 0 Å². The van der Waals surface area contributed by atoms with E-state index in [0.29, 0.717) is 17.0 Å². The summed E-state index contributed by atoms with van der Waals surface area (Å²) in [4.78, 5) is 12.3. The Hall–Kier alpha value is -1.85. The number of nitrogen functional groups attached to an aromatic ring is 1. The topological polar surface area (TPSA) is 78.8 Å². The smallest absolute Gasteiger partial charge is 0.246 e. The number of imidazole rings is 1. The summed E-state index contributed by atoms with van der Waals surface area (Å²) < 4.78 is 7.02. The lowest BCUT2D eigenvalue weighted by Gasteiger charge is -2.07. The number of hydrogen-bond donors (Lipinski definition) is 1. The normalized spacial score (nSPS) is 11.2. The molecule has 0 aliphatic heterocycles. The zero-order valence-electron chi connectivity index (χ0n) is 8.93. The molecule has 2 aromatic heterocycles. The van der Waals surface area contributed by atoms with Crippen LogP contribution in [0.15, 0.2) is 6.33 Å². The number of hydrogen-bond acceptors (Lipinski definition) is 5. The van der Waals surface area contributed by atoms with E-state index in [2.05, 4.69) is 15.0 Å². The Balaban J connectivity index is 2.75. The first-order valence-electron chi connectivity index (χ1n) is 4.67.